The minimum atomic E-state index is -0.628. The molecule has 3 aromatic rings. The molecule has 0 unspecified atom stereocenters. The highest BCUT2D eigenvalue weighted by molar-refractivity contribution is 6.32. The van der Waals surface area contributed by atoms with E-state index in [1.54, 1.807) is 17.7 Å². The third-order valence-electron chi connectivity index (χ3n) is 4.30. The second kappa shape index (κ2) is 8.00. The first-order valence-corrected chi connectivity index (χ1v) is 9.06. The van der Waals surface area contributed by atoms with E-state index in [9.17, 15) is 14.9 Å². The van der Waals surface area contributed by atoms with E-state index in [4.69, 9.17) is 23.2 Å². The summed E-state index contributed by atoms with van der Waals surface area (Å²) in [7, 11) is 0. The number of amides is 1. The Balaban J connectivity index is 1.86. The van der Waals surface area contributed by atoms with Crippen LogP contribution in [0.4, 0.5) is 11.4 Å². The molecule has 1 heterocycles. The van der Waals surface area contributed by atoms with Crippen molar-refractivity contribution in [2.24, 2.45) is 0 Å². The highest BCUT2D eigenvalue weighted by atomic mass is 35.5. The Hall–Kier alpha value is -2.90. The standard InChI is InChI=1S/C19H16Cl2N4O3/c1-11-18(12(2)24(23-11)10-14-5-3-4-6-15(14)20)22-19(26)13-7-8-16(21)17(9-13)25(27)28/h3-9H,10H2,1-2H3,(H,22,26). The number of hydrogen-bond donors (Lipinski definition) is 1. The number of hydrogen-bond acceptors (Lipinski definition) is 4. The van der Waals surface area contributed by atoms with Crippen molar-refractivity contribution in [1.82, 2.24) is 9.78 Å². The van der Waals surface area contributed by atoms with E-state index in [2.05, 4.69) is 10.4 Å². The van der Waals surface area contributed by atoms with Crippen LogP contribution in [0.3, 0.4) is 0 Å². The molecule has 1 N–H and O–H groups in total. The van der Waals surface area contributed by atoms with Gasteiger partial charge in [-0.15, -0.1) is 0 Å². The molecule has 0 fully saturated rings. The lowest BCUT2D eigenvalue weighted by molar-refractivity contribution is -0.384. The molecule has 1 amide bonds. The first-order chi connectivity index (χ1) is 13.3. The fourth-order valence-electron chi connectivity index (χ4n) is 2.80. The first kappa shape index (κ1) is 19.9. The van der Waals surface area contributed by atoms with Crippen LogP contribution in [-0.2, 0) is 6.54 Å². The van der Waals surface area contributed by atoms with Crippen molar-refractivity contribution in [2.75, 3.05) is 5.32 Å². The molecule has 0 saturated heterocycles. The summed E-state index contributed by atoms with van der Waals surface area (Å²) < 4.78 is 1.75. The first-order valence-electron chi connectivity index (χ1n) is 8.30. The van der Waals surface area contributed by atoms with Gasteiger partial charge in [0.05, 0.1) is 28.5 Å². The van der Waals surface area contributed by atoms with Crippen molar-refractivity contribution in [3.05, 3.63) is 85.1 Å². The second-order valence-electron chi connectivity index (χ2n) is 6.17. The summed E-state index contributed by atoms with van der Waals surface area (Å²) in [5.74, 6) is -0.483. The van der Waals surface area contributed by atoms with Crippen LogP contribution in [0.15, 0.2) is 42.5 Å². The quantitative estimate of drug-likeness (QED) is 0.465. The van der Waals surface area contributed by atoms with Crippen molar-refractivity contribution in [3.8, 4) is 0 Å². The van der Waals surface area contributed by atoms with Crippen LogP contribution in [0.1, 0.15) is 27.3 Å². The maximum Gasteiger partial charge on any atom is 0.288 e. The number of halogens is 2. The molecule has 7 nitrogen and oxygen atoms in total. The number of nitrogens with zero attached hydrogens (tertiary/aromatic N) is 3. The van der Waals surface area contributed by atoms with Crippen molar-refractivity contribution >= 4 is 40.5 Å². The predicted molar refractivity (Wildman–Crippen MR) is 108 cm³/mol. The predicted octanol–water partition coefficient (Wildman–Crippen LogP) is 5.02. The minimum absolute atomic E-state index is 0.0264. The zero-order valence-electron chi connectivity index (χ0n) is 15.1. The van der Waals surface area contributed by atoms with Gasteiger partial charge in [-0.2, -0.15) is 5.10 Å². The molecule has 0 radical (unpaired) electrons. The molecule has 144 valence electrons. The van der Waals surface area contributed by atoms with Gasteiger partial charge >= 0.3 is 0 Å². The molecule has 3 rings (SSSR count). The molecule has 0 aliphatic carbocycles. The monoisotopic (exact) mass is 418 g/mol. The van der Waals surface area contributed by atoms with Gasteiger partial charge in [-0.25, -0.2) is 0 Å². The van der Waals surface area contributed by atoms with E-state index in [-0.39, 0.29) is 16.3 Å². The Kier molecular flexibility index (Phi) is 5.67. The van der Waals surface area contributed by atoms with E-state index in [0.29, 0.717) is 22.9 Å². The van der Waals surface area contributed by atoms with Gasteiger partial charge in [0.2, 0.25) is 0 Å². The zero-order chi connectivity index (χ0) is 20.4. The van der Waals surface area contributed by atoms with E-state index in [0.717, 1.165) is 17.3 Å². The highest BCUT2D eigenvalue weighted by Gasteiger charge is 2.19. The van der Waals surface area contributed by atoms with Gasteiger partial charge in [-0.05, 0) is 37.6 Å². The summed E-state index contributed by atoms with van der Waals surface area (Å²) in [6.45, 7) is 4.06. The molecule has 0 saturated carbocycles. The molecule has 0 aliphatic heterocycles. The van der Waals surface area contributed by atoms with E-state index in [1.807, 2.05) is 25.1 Å². The summed E-state index contributed by atoms with van der Waals surface area (Å²) in [5, 5.41) is 18.9. The molecule has 2 aromatic carbocycles. The van der Waals surface area contributed by atoms with Crippen molar-refractivity contribution in [3.63, 3.8) is 0 Å². The minimum Gasteiger partial charge on any atom is -0.319 e. The number of nitrogens with one attached hydrogen (secondary N) is 1. The van der Waals surface area contributed by atoms with Crippen LogP contribution in [-0.4, -0.2) is 20.6 Å². The third-order valence-corrected chi connectivity index (χ3v) is 4.99. The average Bonchev–Trinajstić information content (AvgIpc) is 2.91. The van der Waals surface area contributed by atoms with Gasteiger partial charge in [0, 0.05) is 16.7 Å². The van der Waals surface area contributed by atoms with Crippen molar-refractivity contribution in [1.29, 1.82) is 0 Å². The number of anilines is 1. The van der Waals surface area contributed by atoms with Crippen molar-refractivity contribution < 1.29 is 9.72 Å². The number of nitro groups is 1. The van der Waals surface area contributed by atoms with Crippen LogP contribution in [0.25, 0.3) is 0 Å². The topological polar surface area (TPSA) is 90.1 Å². The Bertz CT molecular complexity index is 1080. The average molecular weight is 419 g/mol. The third kappa shape index (κ3) is 4.00. The summed E-state index contributed by atoms with van der Waals surface area (Å²) in [6, 6.07) is 11.4. The van der Waals surface area contributed by atoms with Crippen LogP contribution in [0, 0.1) is 24.0 Å². The lowest BCUT2D eigenvalue weighted by atomic mass is 10.1. The molecule has 0 spiro atoms. The molecule has 0 atom stereocenters. The summed E-state index contributed by atoms with van der Waals surface area (Å²) in [6.07, 6.45) is 0. The molecule has 1 aromatic heterocycles. The number of nitro benzene ring substituents is 1. The number of rotatable bonds is 5. The van der Waals surface area contributed by atoms with Crippen LogP contribution in [0.5, 0.6) is 0 Å². The molecule has 0 aliphatic rings. The van der Waals surface area contributed by atoms with Gasteiger partial charge in [0.25, 0.3) is 11.6 Å². The Morgan fingerprint density at radius 3 is 2.57 bits per heavy atom. The normalized spacial score (nSPS) is 10.7. The molecule has 0 bridgehead atoms. The number of aryl methyl sites for hydroxylation is 1. The lowest BCUT2D eigenvalue weighted by Gasteiger charge is -2.08. The molecule has 9 heteroatoms. The Morgan fingerprint density at radius 2 is 1.89 bits per heavy atom. The number of aromatic nitrogens is 2. The van der Waals surface area contributed by atoms with Crippen LogP contribution >= 0.6 is 23.2 Å². The maximum atomic E-state index is 12.6. The summed E-state index contributed by atoms with van der Waals surface area (Å²) in [4.78, 5) is 23.0. The smallest absolute Gasteiger partial charge is 0.288 e. The summed E-state index contributed by atoms with van der Waals surface area (Å²) >= 11 is 12.0. The summed E-state index contributed by atoms with van der Waals surface area (Å²) in [5.41, 5.74) is 2.64. The maximum absolute atomic E-state index is 12.6. The molecular weight excluding hydrogens is 403 g/mol. The van der Waals surface area contributed by atoms with E-state index in [1.165, 1.54) is 12.1 Å². The SMILES string of the molecule is Cc1nn(Cc2ccccc2Cl)c(C)c1NC(=O)c1ccc(Cl)c([N+](=O)[O-])c1. The lowest BCUT2D eigenvalue weighted by Crippen LogP contribution is -2.13. The number of benzene rings is 2. The van der Waals surface area contributed by atoms with Gasteiger partial charge in [-0.1, -0.05) is 41.4 Å². The zero-order valence-corrected chi connectivity index (χ0v) is 16.6. The van der Waals surface area contributed by atoms with E-state index >= 15 is 0 Å². The van der Waals surface area contributed by atoms with Gasteiger partial charge in [0.1, 0.15) is 5.02 Å². The molecule has 28 heavy (non-hydrogen) atoms. The second-order valence-corrected chi connectivity index (χ2v) is 6.99. The molecular formula is C19H16Cl2N4O3. The fourth-order valence-corrected chi connectivity index (χ4v) is 3.18. The largest absolute Gasteiger partial charge is 0.319 e. The number of carbonyl (C=O) groups is 1. The van der Waals surface area contributed by atoms with Gasteiger partial charge < -0.3 is 5.32 Å². The number of carbonyl (C=O) groups excluding carboxylic acids is 1. The van der Waals surface area contributed by atoms with Gasteiger partial charge in [0.15, 0.2) is 0 Å². The van der Waals surface area contributed by atoms with Crippen LogP contribution < -0.4 is 5.32 Å². The van der Waals surface area contributed by atoms with Gasteiger partial charge in [-0.3, -0.25) is 19.6 Å². The van der Waals surface area contributed by atoms with E-state index < -0.39 is 10.8 Å². The Morgan fingerprint density at radius 1 is 1.18 bits per heavy atom. The fraction of sp³-hybridized carbons (Fsp3) is 0.158. The highest BCUT2D eigenvalue weighted by Crippen LogP contribution is 2.27. The van der Waals surface area contributed by atoms with Crippen molar-refractivity contribution in [2.45, 2.75) is 20.4 Å². The Labute approximate surface area is 171 Å². The van der Waals surface area contributed by atoms with Crippen LogP contribution in [0.2, 0.25) is 10.0 Å².